The van der Waals surface area contributed by atoms with E-state index in [1.54, 1.807) is 0 Å². The largest absolute Gasteiger partial charge is 0.504 e. The molecule has 0 spiro atoms. The third-order valence-corrected chi connectivity index (χ3v) is 1.71. The molecule has 0 amide bonds. The Morgan fingerprint density at radius 1 is 1.18 bits per heavy atom. The first-order valence-corrected chi connectivity index (χ1v) is 4.33. The fourth-order valence-corrected chi connectivity index (χ4v) is 0.973. The van der Waals surface area contributed by atoms with E-state index in [9.17, 15) is 9.59 Å². The molecule has 1 aromatic rings. The zero-order valence-corrected chi connectivity index (χ0v) is 9.67. The molecule has 1 rings (SSSR count). The van der Waals surface area contributed by atoms with E-state index in [4.69, 9.17) is 15.3 Å². The van der Waals surface area contributed by atoms with Gasteiger partial charge in [-0.25, -0.2) is 4.79 Å². The third-order valence-electron chi connectivity index (χ3n) is 1.71. The second kappa shape index (κ2) is 6.12. The van der Waals surface area contributed by atoms with Crippen LogP contribution < -0.4 is 0 Å². The molecule has 1 aromatic carbocycles. The van der Waals surface area contributed by atoms with E-state index in [1.165, 1.54) is 6.92 Å². The number of rotatable bonds is 3. The molecule has 0 fully saturated rings. The van der Waals surface area contributed by atoms with Gasteiger partial charge in [0, 0.05) is 17.1 Å². The summed E-state index contributed by atoms with van der Waals surface area (Å²) in [6.07, 6.45) is 0. The fraction of sp³-hybridized carbons (Fsp3) is 0.200. The standard InChI is InChI=1S/C10H10O6.Cu/c1-5(11)4-16-10(15)6-2-7(12)9(14)8(13)3-6;/h2-3,12-14H,4H2,1H3;. The number of Topliss-reactive ketones (excluding diaryl/α,β-unsaturated/α-hetero) is 1. The van der Waals surface area contributed by atoms with Crippen molar-refractivity contribution in [2.75, 3.05) is 6.61 Å². The second-order valence-corrected chi connectivity index (χ2v) is 3.14. The van der Waals surface area contributed by atoms with Crippen LogP contribution >= 0.6 is 0 Å². The van der Waals surface area contributed by atoms with Gasteiger partial charge in [-0.2, -0.15) is 0 Å². The van der Waals surface area contributed by atoms with Gasteiger partial charge in [0.15, 0.2) is 23.0 Å². The average Bonchev–Trinajstić information content (AvgIpc) is 2.21. The third kappa shape index (κ3) is 3.97. The predicted molar refractivity (Wildman–Crippen MR) is 52.4 cm³/mol. The number of ether oxygens (including phenoxy) is 1. The molecule has 1 radical (unpaired) electrons. The SMILES string of the molecule is CC(=O)COC(=O)c1cc(O)c(O)c(O)c1.[Cu]. The average molecular weight is 290 g/mol. The van der Waals surface area contributed by atoms with E-state index in [0.29, 0.717) is 0 Å². The van der Waals surface area contributed by atoms with Gasteiger partial charge >= 0.3 is 5.97 Å². The number of phenolic OH excluding ortho intramolecular Hbond substituents is 3. The molecule has 6 nitrogen and oxygen atoms in total. The Labute approximate surface area is 107 Å². The van der Waals surface area contributed by atoms with Gasteiger partial charge in [-0.15, -0.1) is 0 Å². The van der Waals surface area contributed by atoms with E-state index in [0.717, 1.165) is 12.1 Å². The molecular weight excluding hydrogens is 280 g/mol. The monoisotopic (exact) mass is 289 g/mol. The predicted octanol–water partition coefficient (Wildman–Crippen LogP) is 0.547. The summed E-state index contributed by atoms with van der Waals surface area (Å²) in [5.74, 6) is -3.21. The van der Waals surface area contributed by atoms with Gasteiger partial charge in [-0.1, -0.05) is 0 Å². The molecule has 0 saturated carbocycles. The molecule has 97 valence electrons. The Morgan fingerprint density at radius 3 is 2.06 bits per heavy atom. The summed E-state index contributed by atoms with van der Waals surface area (Å²) in [4.78, 5) is 21.8. The van der Waals surface area contributed by atoms with Crippen molar-refractivity contribution >= 4 is 11.8 Å². The molecule has 0 unspecified atom stereocenters. The molecule has 7 heteroatoms. The van der Waals surface area contributed by atoms with E-state index < -0.39 is 23.2 Å². The summed E-state index contributed by atoms with van der Waals surface area (Å²) in [6.45, 7) is 0.861. The maximum atomic E-state index is 11.3. The van der Waals surface area contributed by atoms with Crippen molar-refractivity contribution in [3.63, 3.8) is 0 Å². The Morgan fingerprint density at radius 2 is 1.65 bits per heavy atom. The maximum Gasteiger partial charge on any atom is 0.338 e. The smallest absolute Gasteiger partial charge is 0.338 e. The van der Waals surface area contributed by atoms with Crippen LogP contribution in [-0.2, 0) is 26.6 Å². The second-order valence-electron chi connectivity index (χ2n) is 3.14. The summed E-state index contributed by atoms with van der Waals surface area (Å²) in [7, 11) is 0. The number of benzene rings is 1. The topological polar surface area (TPSA) is 104 Å². The Kier molecular flexibility index (Phi) is 5.50. The van der Waals surface area contributed by atoms with Gasteiger partial charge in [0.1, 0.15) is 6.61 Å². The van der Waals surface area contributed by atoms with Crippen LogP contribution in [0.15, 0.2) is 12.1 Å². The molecule has 0 bridgehead atoms. The Balaban J connectivity index is 0.00000256. The van der Waals surface area contributed by atoms with E-state index in [-0.39, 0.29) is 35.0 Å². The first kappa shape index (κ1) is 15.3. The zero-order chi connectivity index (χ0) is 12.3. The van der Waals surface area contributed by atoms with Crippen LogP contribution in [0.5, 0.6) is 17.2 Å². The van der Waals surface area contributed by atoms with Crippen molar-refractivity contribution in [1.82, 2.24) is 0 Å². The minimum atomic E-state index is -0.874. The van der Waals surface area contributed by atoms with Crippen LogP contribution in [0, 0.1) is 0 Å². The van der Waals surface area contributed by atoms with Crippen LogP contribution in [0.2, 0.25) is 0 Å². The normalized spacial score (nSPS) is 9.24. The molecule has 0 aliphatic heterocycles. The molecular formula is C10H10CuO6. The number of hydrogen-bond donors (Lipinski definition) is 3. The van der Waals surface area contributed by atoms with Crippen molar-refractivity contribution in [3.05, 3.63) is 17.7 Å². The van der Waals surface area contributed by atoms with E-state index >= 15 is 0 Å². The summed E-state index contributed by atoms with van der Waals surface area (Å²) in [5.41, 5.74) is -0.158. The Hall–Kier alpha value is -1.72. The van der Waals surface area contributed by atoms with Crippen molar-refractivity contribution < 1.29 is 46.7 Å². The van der Waals surface area contributed by atoms with Gasteiger partial charge in [0.25, 0.3) is 0 Å². The van der Waals surface area contributed by atoms with E-state index in [1.807, 2.05) is 0 Å². The molecule has 3 N–H and O–H groups in total. The quantitative estimate of drug-likeness (QED) is 0.426. The van der Waals surface area contributed by atoms with Gasteiger partial charge in [-0.3, -0.25) is 4.79 Å². The molecule has 0 aromatic heterocycles. The number of hydrogen-bond acceptors (Lipinski definition) is 6. The van der Waals surface area contributed by atoms with Crippen LogP contribution in [0.1, 0.15) is 17.3 Å². The maximum absolute atomic E-state index is 11.3. The van der Waals surface area contributed by atoms with Gasteiger partial charge in [0.2, 0.25) is 0 Å². The van der Waals surface area contributed by atoms with Gasteiger partial charge < -0.3 is 20.1 Å². The van der Waals surface area contributed by atoms with Gasteiger partial charge in [-0.05, 0) is 19.1 Å². The number of phenols is 3. The number of carbonyl (C=O) groups excluding carboxylic acids is 2. The first-order valence-electron chi connectivity index (χ1n) is 4.33. The summed E-state index contributed by atoms with van der Waals surface area (Å²) >= 11 is 0. The van der Waals surface area contributed by atoms with Crippen LogP contribution in [0.25, 0.3) is 0 Å². The number of esters is 1. The molecule has 0 atom stereocenters. The van der Waals surface area contributed by atoms with Crippen molar-refractivity contribution in [3.8, 4) is 17.2 Å². The minimum Gasteiger partial charge on any atom is -0.504 e. The summed E-state index contributed by atoms with van der Waals surface area (Å²) in [5, 5.41) is 27.3. The summed E-state index contributed by atoms with van der Waals surface area (Å²) in [6, 6.07) is 1.86. The van der Waals surface area contributed by atoms with Crippen molar-refractivity contribution in [2.24, 2.45) is 0 Å². The van der Waals surface area contributed by atoms with Crippen molar-refractivity contribution in [1.29, 1.82) is 0 Å². The number of aromatic hydroxyl groups is 3. The molecule has 0 aliphatic rings. The first-order chi connectivity index (χ1) is 7.41. The van der Waals surface area contributed by atoms with Crippen LogP contribution in [-0.4, -0.2) is 33.7 Å². The Bertz CT molecular complexity index is 419. The summed E-state index contributed by atoms with van der Waals surface area (Å²) < 4.78 is 4.55. The molecule has 0 heterocycles. The van der Waals surface area contributed by atoms with Crippen LogP contribution in [0.3, 0.4) is 0 Å². The number of carbonyl (C=O) groups is 2. The number of ketones is 1. The molecule has 0 saturated heterocycles. The zero-order valence-electron chi connectivity index (χ0n) is 8.73. The van der Waals surface area contributed by atoms with E-state index in [2.05, 4.69) is 4.74 Å². The fourth-order valence-electron chi connectivity index (χ4n) is 0.973. The van der Waals surface area contributed by atoms with Crippen molar-refractivity contribution in [2.45, 2.75) is 6.92 Å². The molecule has 17 heavy (non-hydrogen) atoms. The van der Waals surface area contributed by atoms with Crippen LogP contribution in [0.4, 0.5) is 0 Å². The van der Waals surface area contributed by atoms with Gasteiger partial charge in [0.05, 0.1) is 5.56 Å². The minimum absolute atomic E-state index is 0. The molecule has 0 aliphatic carbocycles.